The molecule has 3 nitrogen and oxygen atoms in total. The molecular formula is C15H24N2O. The Bertz CT molecular complexity index is 419. The predicted octanol–water partition coefficient (Wildman–Crippen LogP) is 2.94. The molecule has 18 heavy (non-hydrogen) atoms. The van der Waals surface area contributed by atoms with Gasteiger partial charge in [-0.15, -0.1) is 0 Å². The van der Waals surface area contributed by atoms with Gasteiger partial charge in [-0.1, -0.05) is 27.2 Å². The fourth-order valence-electron chi connectivity index (χ4n) is 3.45. The molecule has 0 spiro atoms. The van der Waals surface area contributed by atoms with E-state index in [9.17, 15) is 5.11 Å². The third-order valence-corrected chi connectivity index (χ3v) is 4.37. The van der Waals surface area contributed by atoms with Crippen LogP contribution in [0.3, 0.4) is 0 Å². The summed E-state index contributed by atoms with van der Waals surface area (Å²) in [4.78, 5) is 4.14. The monoisotopic (exact) mass is 248 g/mol. The zero-order chi connectivity index (χ0) is 13.3. The number of aromatic nitrogens is 1. The Kier molecular flexibility index (Phi) is 3.62. The fraction of sp³-hybridized carbons (Fsp3) is 0.667. The molecule has 1 fully saturated rings. The summed E-state index contributed by atoms with van der Waals surface area (Å²) in [7, 11) is 0. The van der Waals surface area contributed by atoms with Crippen molar-refractivity contribution in [3.8, 4) is 0 Å². The second kappa shape index (κ2) is 4.88. The summed E-state index contributed by atoms with van der Waals surface area (Å²) in [5.41, 5.74) is 6.70. The number of nitrogens with zero attached hydrogens (tertiary/aromatic N) is 1. The molecule has 0 amide bonds. The first-order chi connectivity index (χ1) is 8.45. The number of pyridine rings is 1. The van der Waals surface area contributed by atoms with Crippen LogP contribution in [-0.2, 0) is 5.60 Å². The lowest BCUT2D eigenvalue weighted by Crippen LogP contribution is -2.43. The van der Waals surface area contributed by atoms with Crippen LogP contribution in [0.1, 0.15) is 45.6 Å². The van der Waals surface area contributed by atoms with Gasteiger partial charge in [0.2, 0.25) is 0 Å². The van der Waals surface area contributed by atoms with E-state index in [-0.39, 0.29) is 5.92 Å². The van der Waals surface area contributed by atoms with Crippen molar-refractivity contribution in [2.24, 2.45) is 17.8 Å². The van der Waals surface area contributed by atoms with E-state index in [1.165, 1.54) is 6.42 Å². The average Bonchev–Trinajstić information content (AvgIpc) is 2.28. The normalized spacial score (nSPS) is 32.7. The molecule has 3 unspecified atom stereocenters. The Morgan fingerprint density at radius 3 is 2.78 bits per heavy atom. The van der Waals surface area contributed by atoms with E-state index in [0.29, 0.717) is 17.5 Å². The van der Waals surface area contributed by atoms with Gasteiger partial charge < -0.3 is 10.8 Å². The molecule has 2 rings (SSSR count). The van der Waals surface area contributed by atoms with Crippen molar-refractivity contribution < 1.29 is 5.11 Å². The molecule has 1 aliphatic carbocycles. The van der Waals surface area contributed by atoms with Gasteiger partial charge in [0.15, 0.2) is 0 Å². The number of hydrogen-bond acceptors (Lipinski definition) is 3. The first-order valence-corrected chi connectivity index (χ1v) is 6.87. The van der Waals surface area contributed by atoms with E-state index in [4.69, 9.17) is 5.73 Å². The van der Waals surface area contributed by atoms with Gasteiger partial charge in [0.05, 0.1) is 5.60 Å². The van der Waals surface area contributed by atoms with Crippen LogP contribution in [0.4, 0.5) is 5.69 Å². The second-order valence-electron chi connectivity index (χ2n) is 6.12. The van der Waals surface area contributed by atoms with Crippen LogP contribution < -0.4 is 5.73 Å². The van der Waals surface area contributed by atoms with Gasteiger partial charge in [-0.3, -0.25) is 4.98 Å². The van der Waals surface area contributed by atoms with Gasteiger partial charge in [0.1, 0.15) is 0 Å². The maximum absolute atomic E-state index is 11.2. The molecule has 0 bridgehead atoms. The summed E-state index contributed by atoms with van der Waals surface area (Å²) in [6.45, 7) is 6.56. The van der Waals surface area contributed by atoms with Gasteiger partial charge in [-0.2, -0.15) is 0 Å². The molecule has 1 aliphatic rings. The van der Waals surface area contributed by atoms with Gasteiger partial charge in [-0.05, 0) is 36.7 Å². The predicted molar refractivity (Wildman–Crippen MR) is 73.9 cm³/mol. The van der Waals surface area contributed by atoms with Crippen molar-refractivity contribution in [2.45, 2.75) is 45.6 Å². The molecule has 0 aliphatic heterocycles. The largest absolute Gasteiger partial charge is 0.398 e. The Hall–Kier alpha value is -1.09. The fourth-order valence-corrected chi connectivity index (χ4v) is 3.45. The lowest BCUT2D eigenvalue weighted by molar-refractivity contribution is -0.0862. The molecule has 1 aromatic rings. The van der Waals surface area contributed by atoms with Gasteiger partial charge in [0, 0.05) is 23.6 Å². The van der Waals surface area contributed by atoms with E-state index >= 15 is 0 Å². The van der Waals surface area contributed by atoms with Crippen molar-refractivity contribution >= 4 is 5.69 Å². The summed E-state index contributed by atoms with van der Waals surface area (Å²) in [5, 5.41) is 11.2. The Balaban J connectivity index is 2.44. The summed E-state index contributed by atoms with van der Waals surface area (Å²) >= 11 is 0. The minimum atomic E-state index is -0.815. The zero-order valence-corrected chi connectivity index (χ0v) is 11.6. The number of anilines is 1. The minimum absolute atomic E-state index is 0.264. The van der Waals surface area contributed by atoms with E-state index in [2.05, 4.69) is 25.8 Å². The van der Waals surface area contributed by atoms with Crippen molar-refractivity contribution in [1.29, 1.82) is 0 Å². The molecule has 3 atom stereocenters. The molecule has 1 saturated carbocycles. The standard InChI is InChI=1S/C15H24N2O/c1-10(2)12-5-4-11(3)8-15(12,18)13-9-17-7-6-14(13)16/h6-7,9-12,18H,4-5,8H2,1-3H3,(H2,16,17). The van der Waals surface area contributed by atoms with Gasteiger partial charge >= 0.3 is 0 Å². The van der Waals surface area contributed by atoms with Crippen molar-refractivity contribution in [3.63, 3.8) is 0 Å². The van der Waals surface area contributed by atoms with E-state index < -0.39 is 5.60 Å². The molecule has 0 saturated heterocycles. The van der Waals surface area contributed by atoms with Crippen molar-refractivity contribution in [2.75, 3.05) is 5.73 Å². The third-order valence-electron chi connectivity index (χ3n) is 4.37. The van der Waals surface area contributed by atoms with Crippen LogP contribution in [0, 0.1) is 17.8 Å². The molecule has 3 N–H and O–H groups in total. The van der Waals surface area contributed by atoms with Crippen LogP contribution in [0.25, 0.3) is 0 Å². The number of rotatable bonds is 2. The molecule has 1 heterocycles. The van der Waals surface area contributed by atoms with Gasteiger partial charge in [0.25, 0.3) is 0 Å². The Morgan fingerprint density at radius 1 is 1.44 bits per heavy atom. The van der Waals surface area contributed by atoms with Crippen molar-refractivity contribution in [1.82, 2.24) is 4.98 Å². The van der Waals surface area contributed by atoms with E-state index in [1.54, 1.807) is 18.5 Å². The number of aliphatic hydroxyl groups is 1. The summed E-state index contributed by atoms with van der Waals surface area (Å²) in [5.74, 6) is 1.24. The summed E-state index contributed by atoms with van der Waals surface area (Å²) < 4.78 is 0. The maximum Gasteiger partial charge on any atom is 0.0964 e. The van der Waals surface area contributed by atoms with Crippen LogP contribution >= 0.6 is 0 Å². The first kappa shape index (κ1) is 13.3. The summed E-state index contributed by atoms with van der Waals surface area (Å²) in [6, 6.07) is 1.78. The Morgan fingerprint density at radius 2 is 2.17 bits per heavy atom. The number of hydrogen-bond donors (Lipinski definition) is 2. The topological polar surface area (TPSA) is 59.1 Å². The van der Waals surface area contributed by atoms with Crippen LogP contribution in [0.5, 0.6) is 0 Å². The van der Waals surface area contributed by atoms with Crippen LogP contribution in [0.15, 0.2) is 18.5 Å². The molecule has 0 radical (unpaired) electrons. The second-order valence-corrected chi connectivity index (χ2v) is 6.12. The van der Waals surface area contributed by atoms with Gasteiger partial charge in [-0.25, -0.2) is 0 Å². The number of nitrogens with two attached hydrogens (primary N) is 1. The molecule has 1 aromatic heterocycles. The lowest BCUT2D eigenvalue weighted by Gasteiger charge is -2.45. The average molecular weight is 248 g/mol. The first-order valence-electron chi connectivity index (χ1n) is 6.87. The highest BCUT2D eigenvalue weighted by molar-refractivity contribution is 5.48. The molecule has 0 aromatic carbocycles. The lowest BCUT2D eigenvalue weighted by atomic mass is 9.64. The number of nitrogen functional groups attached to an aromatic ring is 1. The maximum atomic E-state index is 11.2. The highest BCUT2D eigenvalue weighted by Crippen LogP contribution is 2.48. The molecular weight excluding hydrogens is 224 g/mol. The zero-order valence-electron chi connectivity index (χ0n) is 11.6. The van der Waals surface area contributed by atoms with Crippen LogP contribution in [-0.4, -0.2) is 10.1 Å². The van der Waals surface area contributed by atoms with E-state index in [0.717, 1.165) is 18.4 Å². The third kappa shape index (κ3) is 2.24. The molecule has 3 heteroatoms. The molecule has 100 valence electrons. The van der Waals surface area contributed by atoms with Crippen LogP contribution in [0.2, 0.25) is 0 Å². The minimum Gasteiger partial charge on any atom is -0.398 e. The Labute approximate surface area is 109 Å². The quantitative estimate of drug-likeness (QED) is 0.846. The summed E-state index contributed by atoms with van der Waals surface area (Å²) in [6.07, 6.45) is 6.45. The SMILES string of the molecule is CC1CCC(C(C)C)C(O)(c2cnccc2N)C1. The van der Waals surface area contributed by atoms with Crippen molar-refractivity contribution in [3.05, 3.63) is 24.0 Å². The smallest absolute Gasteiger partial charge is 0.0964 e. The highest BCUT2D eigenvalue weighted by Gasteiger charge is 2.45. The highest BCUT2D eigenvalue weighted by atomic mass is 16.3. The van der Waals surface area contributed by atoms with E-state index in [1.807, 2.05) is 0 Å².